The minimum Gasteiger partial charge on any atom is -0.309 e. The van der Waals surface area contributed by atoms with Gasteiger partial charge in [-0.2, -0.15) is 17.5 Å². The van der Waals surface area contributed by atoms with Gasteiger partial charge in [0, 0.05) is 27.6 Å². The fraction of sp³-hybridized carbons (Fsp3) is 0.0270. The minimum atomic E-state index is -4.58. The number of benzene rings is 6. The molecule has 7 aromatic rings. The predicted octanol–water partition coefficient (Wildman–Crippen LogP) is 10.7. The van der Waals surface area contributed by atoms with Gasteiger partial charge >= 0.3 is 6.18 Å². The quantitative estimate of drug-likeness (QED) is 0.199. The van der Waals surface area contributed by atoms with Crippen molar-refractivity contribution in [3.63, 3.8) is 0 Å². The fourth-order valence-electron chi connectivity index (χ4n) is 6.14. The molecule has 1 atom stereocenters. The number of hydrogen-bond donors (Lipinski definition) is 0. The van der Waals surface area contributed by atoms with E-state index in [0.29, 0.717) is 21.7 Å². The third kappa shape index (κ3) is 4.07. The number of nitrogens with zero attached hydrogens (tertiary/aromatic N) is 2. The van der Waals surface area contributed by atoms with Crippen LogP contribution >= 0.6 is 0 Å². The molecule has 0 saturated carbocycles. The second-order valence-corrected chi connectivity index (χ2v) is 12.9. The topological polar surface area (TPSA) is 34.4 Å². The Morgan fingerprint density at radius 2 is 1.25 bits per heavy atom. The second-order valence-electron chi connectivity index (χ2n) is 10.8. The molecular weight excluding hydrogens is 577 g/mol. The Kier molecular flexibility index (Phi) is 5.83. The van der Waals surface area contributed by atoms with Crippen molar-refractivity contribution in [2.75, 3.05) is 0 Å². The van der Waals surface area contributed by atoms with Gasteiger partial charge in [-0.1, -0.05) is 72.8 Å². The predicted molar refractivity (Wildman–Crippen MR) is 170 cm³/mol. The molecule has 1 aliphatic rings. The van der Waals surface area contributed by atoms with Gasteiger partial charge in [0.05, 0.1) is 32.1 Å². The number of aromatic nitrogens is 1. The van der Waals surface area contributed by atoms with E-state index in [4.69, 9.17) is 0 Å². The molecule has 6 aromatic carbocycles. The summed E-state index contributed by atoms with van der Waals surface area (Å²) in [6.45, 7) is 0. The standard InChI is InChI=1S/C37H23F3N2OS/c38-37(39,40)26-17-18-30-31-21-24(15-19-33(31)41-44(43,36(30)23-26)28-11-5-2-6-12-28)25-16-20-35-32(22-25)29-13-7-8-14-34(29)42(35)27-9-3-1-4-10-27/h1-23H. The van der Waals surface area contributed by atoms with Crippen LogP contribution in [-0.4, -0.2) is 8.78 Å². The smallest absolute Gasteiger partial charge is 0.309 e. The maximum atomic E-state index is 14.5. The Hall–Kier alpha value is -5.14. The van der Waals surface area contributed by atoms with Crippen molar-refractivity contribution in [1.29, 1.82) is 0 Å². The zero-order valence-corrected chi connectivity index (χ0v) is 23.9. The summed E-state index contributed by atoms with van der Waals surface area (Å²) >= 11 is 0. The van der Waals surface area contributed by atoms with Crippen LogP contribution in [0.3, 0.4) is 0 Å². The van der Waals surface area contributed by atoms with Crippen LogP contribution in [0.4, 0.5) is 18.9 Å². The molecule has 1 aliphatic heterocycles. The molecule has 0 aliphatic carbocycles. The normalized spacial score (nSPS) is 16.0. The first-order chi connectivity index (χ1) is 21.3. The molecule has 0 fully saturated rings. The van der Waals surface area contributed by atoms with Crippen LogP contribution in [0, 0.1) is 0 Å². The fourth-order valence-corrected chi connectivity index (χ4v) is 8.32. The van der Waals surface area contributed by atoms with E-state index in [0.717, 1.165) is 50.8 Å². The third-order valence-electron chi connectivity index (χ3n) is 8.20. The summed E-state index contributed by atoms with van der Waals surface area (Å²) in [5.74, 6) is 0. The van der Waals surface area contributed by atoms with E-state index >= 15 is 0 Å². The number of para-hydroxylation sites is 2. The van der Waals surface area contributed by atoms with Crippen LogP contribution in [0.2, 0.25) is 0 Å². The van der Waals surface area contributed by atoms with Gasteiger partial charge in [0.2, 0.25) is 0 Å². The van der Waals surface area contributed by atoms with Gasteiger partial charge in [-0.3, -0.25) is 0 Å². The molecule has 0 bridgehead atoms. The minimum absolute atomic E-state index is 0.0737. The number of fused-ring (bicyclic) bond motifs is 6. The first-order valence-corrected chi connectivity index (χ1v) is 15.6. The van der Waals surface area contributed by atoms with Gasteiger partial charge in [-0.25, -0.2) is 4.21 Å². The molecule has 7 heteroatoms. The summed E-state index contributed by atoms with van der Waals surface area (Å²) in [5, 5.41) is 2.21. The van der Waals surface area contributed by atoms with Crippen molar-refractivity contribution in [2.24, 2.45) is 4.36 Å². The van der Waals surface area contributed by atoms with Crippen LogP contribution < -0.4 is 0 Å². The Bertz CT molecular complexity index is 2370. The van der Waals surface area contributed by atoms with Crippen molar-refractivity contribution in [3.05, 3.63) is 145 Å². The van der Waals surface area contributed by atoms with Crippen molar-refractivity contribution >= 4 is 37.2 Å². The summed E-state index contributed by atoms with van der Waals surface area (Å²) in [4.78, 5) is 0.445. The molecule has 0 N–H and O–H groups in total. The lowest BCUT2D eigenvalue weighted by molar-refractivity contribution is -0.137. The second kappa shape index (κ2) is 9.69. The monoisotopic (exact) mass is 600 g/mol. The van der Waals surface area contributed by atoms with Gasteiger partial charge in [0.1, 0.15) is 9.73 Å². The van der Waals surface area contributed by atoms with Gasteiger partial charge in [0.15, 0.2) is 0 Å². The summed E-state index contributed by atoms with van der Waals surface area (Å²) in [6, 6.07) is 42.5. The molecule has 3 nitrogen and oxygen atoms in total. The SMILES string of the molecule is O=S1(c2ccccc2)=Nc2ccc(-c3ccc4c(c3)c3ccccc3n4-c3ccccc3)cc2-c2ccc(C(F)(F)F)cc21. The summed E-state index contributed by atoms with van der Waals surface area (Å²) in [6.07, 6.45) is -4.58. The van der Waals surface area contributed by atoms with Crippen molar-refractivity contribution in [1.82, 2.24) is 4.57 Å². The van der Waals surface area contributed by atoms with Crippen LogP contribution in [-0.2, 0) is 15.9 Å². The number of hydrogen-bond acceptors (Lipinski definition) is 2. The molecule has 0 spiro atoms. The highest BCUT2D eigenvalue weighted by Crippen LogP contribution is 2.47. The van der Waals surface area contributed by atoms with E-state index < -0.39 is 21.5 Å². The number of halogens is 3. The van der Waals surface area contributed by atoms with Crippen molar-refractivity contribution in [3.8, 4) is 27.9 Å². The Morgan fingerprint density at radius 1 is 0.591 bits per heavy atom. The lowest BCUT2D eigenvalue weighted by Gasteiger charge is -2.23. The van der Waals surface area contributed by atoms with E-state index in [-0.39, 0.29) is 4.90 Å². The van der Waals surface area contributed by atoms with Crippen LogP contribution in [0.15, 0.2) is 154 Å². The first-order valence-electron chi connectivity index (χ1n) is 14.1. The average molecular weight is 601 g/mol. The van der Waals surface area contributed by atoms with Crippen molar-refractivity contribution < 1.29 is 17.4 Å². The van der Waals surface area contributed by atoms with E-state index in [1.165, 1.54) is 6.07 Å². The summed E-state index contributed by atoms with van der Waals surface area (Å²) in [5.41, 5.74) is 5.84. The molecule has 44 heavy (non-hydrogen) atoms. The first kappa shape index (κ1) is 26.5. The molecule has 2 heterocycles. The molecule has 214 valence electrons. The van der Waals surface area contributed by atoms with Crippen molar-refractivity contribution in [2.45, 2.75) is 16.0 Å². The van der Waals surface area contributed by atoms with E-state index in [1.54, 1.807) is 30.3 Å². The molecule has 1 unspecified atom stereocenters. The Balaban J connectivity index is 1.33. The van der Waals surface area contributed by atoms with Gasteiger partial charge in [0.25, 0.3) is 0 Å². The van der Waals surface area contributed by atoms with Gasteiger partial charge in [-0.05, 0) is 77.9 Å². The van der Waals surface area contributed by atoms with E-state index in [2.05, 4.69) is 51.4 Å². The number of alkyl halides is 3. The van der Waals surface area contributed by atoms with Gasteiger partial charge < -0.3 is 4.57 Å². The maximum absolute atomic E-state index is 14.5. The third-order valence-corrected chi connectivity index (χ3v) is 10.5. The van der Waals surface area contributed by atoms with Crippen LogP contribution in [0.25, 0.3) is 49.7 Å². The van der Waals surface area contributed by atoms with E-state index in [9.17, 15) is 17.4 Å². The molecule has 0 radical (unpaired) electrons. The number of rotatable bonds is 3. The molecular formula is C37H23F3N2OS. The molecule has 0 amide bonds. The van der Waals surface area contributed by atoms with Gasteiger partial charge in [-0.15, -0.1) is 0 Å². The Morgan fingerprint density at radius 3 is 2.02 bits per heavy atom. The zero-order valence-electron chi connectivity index (χ0n) is 23.1. The molecule has 8 rings (SSSR count). The van der Waals surface area contributed by atoms with Crippen LogP contribution in [0.5, 0.6) is 0 Å². The summed E-state index contributed by atoms with van der Waals surface area (Å²) in [7, 11) is -3.36. The van der Waals surface area contributed by atoms with Crippen LogP contribution in [0.1, 0.15) is 5.56 Å². The highest BCUT2D eigenvalue weighted by atomic mass is 32.2. The lowest BCUT2D eigenvalue weighted by atomic mass is 9.96. The summed E-state index contributed by atoms with van der Waals surface area (Å²) < 4.78 is 62.8. The highest BCUT2D eigenvalue weighted by Gasteiger charge is 2.34. The average Bonchev–Trinajstić information content (AvgIpc) is 3.39. The Labute approximate surface area is 252 Å². The lowest BCUT2D eigenvalue weighted by Crippen LogP contribution is -2.11. The maximum Gasteiger partial charge on any atom is 0.416 e. The van der Waals surface area contributed by atoms with E-state index in [1.807, 2.05) is 48.5 Å². The zero-order chi connectivity index (χ0) is 30.1. The largest absolute Gasteiger partial charge is 0.416 e. The highest BCUT2D eigenvalue weighted by molar-refractivity contribution is 7.94. The molecule has 0 saturated heterocycles. The molecule has 1 aromatic heterocycles.